The van der Waals surface area contributed by atoms with Crippen molar-refractivity contribution in [2.75, 3.05) is 19.0 Å². The predicted octanol–water partition coefficient (Wildman–Crippen LogP) is 1.18. The van der Waals surface area contributed by atoms with Crippen LogP contribution in [-0.2, 0) is 29.0 Å². The molecule has 0 spiro atoms. The minimum Gasteiger partial charge on any atom is -0.485 e. The van der Waals surface area contributed by atoms with Crippen molar-refractivity contribution in [1.82, 2.24) is 5.32 Å². The second-order valence-electron chi connectivity index (χ2n) is 6.82. The van der Waals surface area contributed by atoms with Crippen molar-refractivity contribution in [1.29, 1.82) is 0 Å². The van der Waals surface area contributed by atoms with Crippen LogP contribution in [0.25, 0.3) is 0 Å². The number of rotatable bonds is 7. The van der Waals surface area contributed by atoms with Crippen molar-refractivity contribution in [2.45, 2.75) is 24.3 Å². The lowest BCUT2D eigenvalue weighted by Gasteiger charge is -2.25. The van der Waals surface area contributed by atoms with Crippen LogP contribution in [0.1, 0.15) is 12.0 Å². The van der Waals surface area contributed by atoms with Crippen LogP contribution in [0.5, 0.6) is 11.5 Å². The Morgan fingerprint density at radius 2 is 1.74 bits per heavy atom. The minimum absolute atomic E-state index is 0.0766. The molecule has 9 nitrogen and oxygen atoms in total. The van der Waals surface area contributed by atoms with E-state index in [-0.39, 0.29) is 11.5 Å². The molecule has 2 amide bonds. The van der Waals surface area contributed by atoms with Crippen molar-refractivity contribution in [3.63, 3.8) is 0 Å². The second-order valence-corrected chi connectivity index (χ2v) is 8.93. The van der Waals surface area contributed by atoms with Crippen molar-refractivity contribution in [3.8, 4) is 11.5 Å². The van der Waals surface area contributed by atoms with Gasteiger partial charge in [0, 0.05) is 0 Å². The smallest absolute Gasteiger partial charge is 0.307 e. The first-order valence-electron chi connectivity index (χ1n) is 9.42. The number of ether oxygens (including phenoxy) is 3. The van der Waals surface area contributed by atoms with E-state index < -0.39 is 52.5 Å². The molecule has 1 heterocycles. The Morgan fingerprint density at radius 1 is 1.06 bits per heavy atom. The maximum atomic E-state index is 12.2. The van der Waals surface area contributed by atoms with Crippen LogP contribution >= 0.6 is 0 Å². The molecule has 2 aromatic rings. The largest absolute Gasteiger partial charge is 0.485 e. The van der Waals surface area contributed by atoms with Gasteiger partial charge in [-0.05, 0) is 31.2 Å². The zero-order valence-electron chi connectivity index (χ0n) is 16.7. The minimum atomic E-state index is -3.65. The highest BCUT2D eigenvalue weighted by atomic mass is 32.2. The van der Waals surface area contributed by atoms with Gasteiger partial charge in [0.25, 0.3) is 11.8 Å². The number of carbonyl (C=O) groups is 3. The second kappa shape index (κ2) is 9.61. The van der Waals surface area contributed by atoms with Gasteiger partial charge < -0.3 is 14.2 Å². The number of hydrogen-bond acceptors (Lipinski definition) is 8. The topological polar surface area (TPSA) is 125 Å². The number of para-hydroxylation sites is 2. The maximum Gasteiger partial charge on any atom is 0.307 e. The molecule has 0 saturated carbocycles. The summed E-state index contributed by atoms with van der Waals surface area (Å²) >= 11 is 0. The van der Waals surface area contributed by atoms with Crippen molar-refractivity contribution >= 4 is 27.6 Å². The molecule has 0 aliphatic carbocycles. The summed E-state index contributed by atoms with van der Waals surface area (Å²) in [6.45, 7) is 1.03. The molecule has 1 aliphatic heterocycles. The standard InChI is InChI=1S/C21H21NO8S/c1-14-6-8-15(9-7-14)31(26,27)11-10-20(24)29-13-19(23)22-21(25)18-12-28-16-4-2-3-5-17(16)30-18/h2-9,18H,10-13H2,1H3,(H,22,23,25). The fraction of sp³-hybridized carbons (Fsp3) is 0.286. The van der Waals surface area contributed by atoms with E-state index in [1.165, 1.54) is 12.1 Å². The number of nitrogens with one attached hydrogen (secondary N) is 1. The molecule has 0 bridgehead atoms. The van der Waals surface area contributed by atoms with E-state index in [4.69, 9.17) is 14.2 Å². The first-order valence-corrected chi connectivity index (χ1v) is 11.1. The highest BCUT2D eigenvalue weighted by Crippen LogP contribution is 2.30. The molecule has 31 heavy (non-hydrogen) atoms. The summed E-state index contributed by atoms with van der Waals surface area (Å²) < 4.78 is 40.1. The quantitative estimate of drug-likeness (QED) is 0.628. The van der Waals surface area contributed by atoms with Crippen molar-refractivity contribution < 1.29 is 37.0 Å². The number of esters is 1. The number of aryl methyl sites for hydroxylation is 1. The summed E-state index contributed by atoms with van der Waals surface area (Å²) in [4.78, 5) is 35.9. The molecule has 0 radical (unpaired) electrons. The molecule has 1 N–H and O–H groups in total. The van der Waals surface area contributed by atoms with Gasteiger partial charge in [-0.15, -0.1) is 0 Å². The molecular weight excluding hydrogens is 426 g/mol. The zero-order valence-corrected chi connectivity index (χ0v) is 17.5. The number of carbonyl (C=O) groups excluding carboxylic acids is 3. The van der Waals surface area contributed by atoms with Crippen LogP contribution in [0.4, 0.5) is 0 Å². The molecule has 1 atom stereocenters. The van der Waals surface area contributed by atoms with Crippen molar-refractivity contribution in [3.05, 3.63) is 54.1 Å². The Hall–Kier alpha value is -3.40. The molecule has 0 saturated heterocycles. The Labute approximate surface area is 179 Å². The van der Waals surface area contributed by atoms with Gasteiger partial charge in [0.2, 0.25) is 6.10 Å². The lowest BCUT2D eigenvalue weighted by Crippen LogP contribution is -2.47. The third-order valence-corrected chi connectivity index (χ3v) is 6.11. The summed E-state index contributed by atoms with van der Waals surface area (Å²) in [6, 6.07) is 13.0. The Kier molecular flexibility index (Phi) is 6.91. The third-order valence-electron chi connectivity index (χ3n) is 4.38. The van der Waals surface area contributed by atoms with Gasteiger partial charge in [0.05, 0.1) is 17.1 Å². The van der Waals surface area contributed by atoms with E-state index >= 15 is 0 Å². The SMILES string of the molecule is Cc1ccc(S(=O)(=O)CCC(=O)OCC(=O)NC(=O)C2COc3ccccc3O2)cc1. The van der Waals surface area contributed by atoms with E-state index in [2.05, 4.69) is 5.32 Å². The fourth-order valence-corrected chi connectivity index (χ4v) is 3.92. The lowest BCUT2D eigenvalue weighted by atomic mass is 10.2. The summed E-state index contributed by atoms with van der Waals surface area (Å²) in [5.74, 6) is -2.05. The highest BCUT2D eigenvalue weighted by Gasteiger charge is 2.28. The molecule has 3 rings (SSSR count). The maximum absolute atomic E-state index is 12.2. The number of amides is 2. The molecule has 1 aliphatic rings. The first-order chi connectivity index (χ1) is 14.7. The molecule has 0 aromatic heterocycles. The Bertz CT molecular complexity index is 1080. The number of fused-ring (bicyclic) bond motifs is 1. The van der Waals surface area contributed by atoms with Gasteiger partial charge >= 0.3 is 5.97 Å². The monoisotopic (exact) mass is 447 g/mol. The average Bonchev–Trinajstić information content (AvgIpc) is 2.76. The van der Waals surface area contributed by atoms with Gasteiger partial charge in [-0.3, -0.25) is 19.7 Å². The van der Waals surface area contributed by atoms with Gasteiger partial charge in [0.15, 0.2) is 27.9 Å². The average molecular weight is 447 g/mol. The van der Waals surface area contributed by atoms with E-state index in [9.17, 15) is 22.8 Å². The number of hydrogen-bond donors (Lipinski definition) is 1. The summed E-state index contributed by atoms with van der Waals surface area (Å²) in [5, 5.41) is 2.06. The summed E-state index contributed by atoms with van der Waals surface area (Å²) in [7, 11) is -3.65. The summed E-state index contributed by atoms with van der Waals surface area (Å²) in [5.41, 5.74) is 0.910. The van der Waals surface area contributed by atoms with Crippen LogP contribution in [0, 0.1) is 6.92 Å². The normalized spacial score (nSPS) is 15.1. The van der Waals surface area contributed by atoms with Gasteiger partial charge in [-0.1, -0.05) is 29.8 Å². The molecule has 10 heteroatoms. The van der Waals surface area contributed by atoms with E-state index in [0.29, 0.717) is 11.5 Å². The van der Waals surface area contributed by atoms with Crippen LogP contribution in [0.3, 0.4) is 0 Å². The van der Waals surface area contributed by atoms with Gasteiger partial charge in [-0.25, -0.2) is 8.42 Å². The lowest BCUT2D eigenvalue weighted by molar-refractivity contribution is -0.150. The van der Waals surface area contributed by atoms with Crippen LogP contribution in [0.15, 0.2) is 53.4 Å². The molecule has 2 aromatic carbocycles. The number of benzene rings is 2. The summed E-state index contributed by atoms with van der Waals surface area (Å²) in [6.07, 6.45) is -1.46. The highest BCUT2D eigenvalue weighted by molar-refractivity contribution is 7.91. The first kappa shape index (κ1) is 22.3. The van der Waals surface area contributed by atoms with Crippen molar-refractivity contribution in [2.24, 2.45) is 0 Å². The van der Waals surface area contributed by atoms with Crippen LogP contribution in [-0.4, -0.2) is 51.3 Å². The molecule has 1 unspecified atom stereocenters. The third kappa shape index (κ3) is 6.05. The Balaban J connectivity index is 1.41. The van der Waals surface area contributed by atoms with E-state index in [1.54, 1.807) is 36.4 Å². The number of sulfone groups is 1. The van der Waals surface area contributed by atoms with E-state index in [0.717, 1.165) is 5.56 Å². The van der Waals surface area contributed by atoms with Crippen LogP contribution in [0.2, 0.25) is 0 Å². The number of imide groups is 1. The van der Waals surface area contributed by atoms with Gasteiger partial charge in [-0.2, -0.15) is 0 Å². The molecule has 0 fully saturated rings. The predicted molar refractivity (Wildman–Crippen MR) is 108 cm³/mol. The Morgan fingerprint density at radius 3 is 2.45 bits per heavy atom. The molecule has 164 valence electrons. The fourth-order valence-electron chi connectivity index (χ4n) is 2.70. The molecular formula is C21H21NO8S. The van der Waals surface area contributed by atoms with Gasteiger partial charge in [0.1, 0.15) is 6.61 Å². The van der Waals surface area contributed by atoms with Crippen LogP contribution < -0.4 is 14.8 Å². The zero-order chi connectivity index (χ0) is 22.4. The van der Waals surface area contributed by atoms with E-state index in [1.807, 2.05) is 6.92 Å².